The fraction of sp³-hybridized carbons (Fsp3) is 0.667. The molecule has 8 heteroatoms. The van der Waals surface area contributed by atoms with Gasteiger partial charge in [0.2, 0.25) is 0 Å². The van der Waals surface area contributed by atoms with E-state index in [0.29, 0.717) is 37.7 Å². The fourth-order valence-electron chi connectivity index (χ4n) is 2.05. The van der Waals surface area contributed by atoms with Crippen molar-refractivity contribution in [3.8, 4) is 11.5 Å². The highest BCUT2D eigenvalue weighted by Crippen LogP contribution is 2.19. The van der Waals surface area contributed by atoms with E-state index in [1.165, 1.54) is 0 Å². The molecule has 0 bridgehead atoms. The van der Waals surface area contributed by atoms with E-state index in [2.05, 4.69) is 10.6 Å². The topological polar surface area (TPSA) is 135 Å². The molecule has 26 heavy (non-hydrogen) atoms. The smallest absolute Gasteiger partial charge is 0.123 e. The van der Waals surface area contributed by atoms with Gasteiger partial charge in [0.05, 0.1) is 0 Å². The maximum atomic E-state index is 9.91. The summed E-state index contributed by atoms with van der Waals surface area (Å²) >= 11 is 0. The highest BCUT2D eigenvalue weighted by atomic mass is 16.5. The summed E-state index contributed by atoms with van der Waals surface area (Å²) < 4.78 is 11.2. The van der Waals surface area contributed by atoms with Crippen LogP contribution in [0.4, 0.5) is 0 Å². The third kappa shape index (κ3) is 10.5. The van der Waals surface area contributed by atoms with Gasteiger partial charge in [0, 0.05) is 44.3 Å². The number of nitrogens with two attached hydrogens (primary N) is 2. The molecule has 1 aromatic rings. The first-order valence-electron chi connectivity index (χ1n) is 9.02. The van der Waals surface area contributed by atoms with Gasteiger partial charge in [0.25, 0.3) is 0 Å². The third-order valence-electron chi connectivity index (χ3n) is 3.59. The summed E-state index contributed by atoms with van der Waals surface area (Å²) in [4.78, 5) is 0. The number of benzene rings is 1. The summed E-state index contributed by atoms with van der Waals surface area (Å²) in [5.74, 6) is 1.19. The van der Waals surface area contributed by atoms with Crippen molar-refractivity contribution in [2.45, 2.75) is 38.1 Å². The van der Waals surface area contributed by atoms with E-state index in [1.807, 2.05) is 13.8 Å². The second-order valence-corrected chi connectivity index (χ2v) is 6.59. The van der Waals surface area contributed by atoms with Gasteiger partial charge in [0.1, 0.15) is 36.9 Å². The standard InChI is InChI=1S/C18H34N4O4/c1-13(20)8-21-9-15(23)11-25-17-4-3-5-18(6-17)26-12-16(24)10-22-14(2)7-19/h3-6,13-16,21-24H,7-12,19-20H2,1-2H3. The summed E-state index contributed by atoms with van der Waals surface area (Å²) in [6.07, 6.45) is -1.26. The lowest BCUT2D eigenvalue weighted by atomic mass is 10.3. The van der Waals surface area contributed by atoms with Crippen LogP contribution < -0.4 is 31.6 Å². The predicted molar refractivity (Wildman–Crippen MR) is 102 cm³/mol. The lowest BCUT2D eigenvalue weighted by Gasteiger charge is -2.17. The van der Waals surface area contributed by atoms with E-state index >= 15 is 0 Å². The summed E-state index contributed by atoms with van der Waals surface area (Å²) in [7, 11) is 0. The Kier molecular flexibility index (Phi) is 11.2. The first kappa shape index (κ1) is 22.6. The van der Waals surface area contributed by atoms with Crippen LogP contribution in [0.3, 0.4) is 0 Å². The zero-order valence-corrected chi connectivity index (χ0v) is 15.7. The second-order valence-electron chi connectivity index (χ2n) is 6.59. The fourth-order valence-corrected chi connectivity index (χ4v) is 2.05. The van der Waals surface area contributed by atoms with E-state index in [4.69, 9.17) is 20.9 Å². The number of rotatable bonds is 14. The largest absolute Gasteiger partial charge is 0.491 e. The van der Waals surface area contributed by atoms with E-state index in [9.17, 15) is 10.2 Å². The summed E-state index contributed by atoms with van der Waals surface area (Å²) in [6, 6.07) is 7.29. The summed E-state index contributed by atoms with van der Waals surface area (Å²) in [5.41, 5.74) is 11.1. The summed E-state index contributed by atoms with van der Waals surface area (Å²) in [5, 5.41) is 26.0. The number of hydrogen-bond donors (Lipinski definition) is 6. The molecule has 0 saturated carbocycles. The third-order valence-corrected chi connectivity index (χ3v) is 3.59. The Morgan fingerprint density at radius 3 is 2.12 bits per heavy atom. The van der Waals surface area contributed by atoms with Gasteiger partial charge in [-0.1, -0.05) is 6.07 Å². The average molecular weight is 370 g/mol. The van der Waals surface area contributed by atoms with E-state index in [-0.39, 0.29) is 25.3 Å². The Bertz CT molecular complexity index is 490. The molecule has 0 aromatic heterocycles. The molecule has 0 heterocycles. The van der Waals surface area contributed by atoms with Crippen molar-refractivity contribution in [1.29, 1.82) is 0 Å². The van der Waals surface area contributed by atoms with Gasteiger partial charge in [-0.3, -0.25) is 0 Å². The predicted octanol–water partition coefficient (Wildman–Crippen LogP) is -0.960. The number of aliphatic hydroxyl groups is 2. The van der Waals surface area contributed by atoms with Crippen LogP contribution in [0.2, 0.25) is 0 Å². The van der Waals surface area contributed by atoms with Crippen molar-refractivity contribution in [3.63, 3.8) is 0 Å². The quantitative estimate of drug-likeness (QED) is 0.246. The molecule has 0 aliphatic carbocycles. The minimum Gasteiger partial charge on any atom is -0.491 e. The zero-order chi connectivity index (χ0) is 19.4. The Labute approximate surface area is 155 Å². The van der Waals surface area contributed by atoms with Gasteiger partial charge in [0.15, 0.2) is 0 Å². The van der Waals surface area contributed by atoms with Crippen molar-refractivity contribution in [1.82, 2.24) is 10.6 Å². The van der Waals surface area contributed by atoms with Crippen LogP contribution in [-0.2, 0) is 0 Å². The van der Waals surface area contributed by atoms with E-state index < -0.39 is 12.2 Å². The molecular weight excluding hydrogens is 336 g/mol. The van der Waals surface area contributed by atoms with Gasteiger partial charge in [-0.25, -0.2) is 0 Å². The average Bonchev–Trinajstić information content (AvgIpc) is 2.62. The zero-order valence-electron chi connectivity index (χ0n) is 15.7. The SMILES string of the molecule is CC(N)CNCC(O)COc1cccc(OCC(O)CNC(C)CN)c1. The van der Waals surface area contributed by atoms with Crippen molar-refractivity contribution in [2.75, 3.05) is 39.4 Å². The lowest BCUT2D eigenvalue weighted by Crippen LogP contribution is -2.40. The van der Waals surface area contributed by atoms with Gasteiger partial charge in [-0.05, 0) is 26.0 Å². The summed E-state index contributed by atoms with van der Waals surface area (Å²) in [6.45, 7) is 6.16. The molecule has 0 amide bonds. The molecule has 0 aliphatic rings. The van der Waals surface area contributed by atoms with Crippen molar-refractivity contribution in [3.05, 3.63) is 24.3 Å². The van der Waals surface area contributed by atoms with Gasteiger partial charge >= 0.3 is 0 Å². The highest BCUT2D eigenvalue weighted by Gasteiger charge is 2.09. The first-order chi connectivity index (χ1) is 12.4. The molecule has 0 fully saturated rings. The monoisotopic (exact) mass is 370 g/mol. The number of aliphatic hydroxyl groups excluding tert-OH is 2. The maximum Gasteiger partial charge on any atom is 0.123 e. The Balaban J connectivity index is 2.31. The van der Waals surface area contributed by atoms with Gasteiger partial charge in [-0.15, -0.1) is 0 Å². The number of hydrogen-bond acceptors (Lipinski definition) is 8. The molecule has 0 aliphatic heterocycles. The van der Waals surface area contributed by atoms with E-state index in [1.54, 1.807) is 24.3 Å². The molecule has 0 spiro atoms. The van der Waals surface area contributed by atoms with Crippen LogP contribution in [0.25, 0.3) is 0 Å². The van der Waals surface area contributed by atoms with Crippen LogP contribution in [0.15, 0.2) is 24.3 Å². The van der Waals surface area contributed by atoms with Crippen molar-refractivity contribution >= 4 is 0 Å². The molecule has 1 aromatic carbocycles. The first-order valence-corrected chi connectivity index (χ1v) is 9.02. The molecule has 4 atom stereocenters. The van der Waals surface area contributed by atoms with Crippen LogP contribution in [0.5, 0.6) is 11.5 Å². The van der Waals surface area contributed by atoms with E-state index in [0.717, 1.165) is 0 Å². The molecule has 4 unspecified atom stereocenters. The lowest BCUT2D eigenvalue weighted by molar-refractivity contribution is 0.101. The minimum atomic E-state index is -0.633. The number of nitrogens with one attached hydrogen (secondary N) is 2. The Morgan fingerprint density at radius 2 is 1.58 bits per heavy atom. The molecule has 0 saturated heterocycles. The van der Waals surface area contributed by atoms with Gasteiger partial charge < -0.3 is 41.8 Å². The Morgan fingerprint density at radius 1 is 1.00 bits per heavy atom. The van der Waals surface area contributed by atoms with Crippen LogP contribution >= 0.6 is 0 Å². The minimum absolute atomic E-state index is 0.0426. The molecule has 0 radical (unpaired) electrons. The molecule has 150 valence electrons. The molecule has 1 rings (SSSR count). The van der Waals surface area contributed by atoms with Crippen LogP contribution in [-0.4, -0.2) is 73.9 Å². The van der Waals surface area contributed by atoms with Crippen LogP contribution in [0.1, 0.15) is 13.8 Å². The molecule has 8 N–H and O–H groups in total. The van der Waals surface area contributed by atoms with Crippen molar-refractivity contribution in [2.24, 2.45) is 11.5 Å². The van der Waals surface area contributed by atoms with Crippen molar-refractivity contribution < 1.29 is 19.7 Å². The maximum absolute atomic E-state index is 9.91. The second kappa shape index (κ2) is 12.9. The number of ether oxygens (including phenoxy) is 2. The van der Waals surface area contributed by atoms with Gasteiger partial charge in [-0.2, -0.15) is 0 Å². The Hall–Kier alpha value is -1.42. The molecular formula is C18H34N4O4. The van der Waals surface area contributed by atoms with Crippen LogP contribution in [0, 0.1) is 0 Å². The highest BCUT2D eigenvalue weighted by molar-refractivity contribution is 5.33. The molecule has 8 nitrogen and oxygen atoms in total. The normalized spacial score (nSPS) is 15.9.